The molecule has 0 aliphatic carbocycles. The Morgan fingerprint density at radius 2 is 0.974 bits per heavy atom. The molecule has 0 aromatic heterocycles. The van der Waals surface area contributed by atoms with Crippen LogP contribution < -0.4 is 0 Å². The molecule has 2 heterocycles. The van der Waals surface area contributed by atoms with Crippen LogP contribution in [0, 0.1) is 5.41 Å². The van der Waals surface area contributed by atoms with Crippen LogP contribution in [0.4, 0.5) is 0 Å². The Balaban J connectivity index is 2.27. The Kier molecular flexibility index (Phi) is 11.2. The molecule has 0 saturated carbocycles. The van der Waals surface area contributed by atoms with Gasteiger partial charge >= 0.3 is 11.9 Å². The van der Waals surface area contributed by atoms with E-state index in [2.05, 4.69) is 86.2 Å². The highest BCUT2D eigenvalue weighted by molar-refractivity contribution is 6.00. The molecule has 6 nitrogen and oxygen atoms in total. The molecule has 0 atom stereocenters. The standard InChI is InChI=1S/C33H62N2O4/c1-13-15-16-17-18-19-20-33(14-2,27(36)38-25-21-29(3,4)34(11)30(5,6)22-25)28(37)39-26-23-31(7,8)35(12)32(9,10)24-26/h25-26H,13-24H2,1-12H3. The van der Waals surface area contributed by atoms with Gasteiger partial charge in [0.25, 0.3) is 0 Å². The number of hydrogen-bond acceptors (Lipinski definition) is 6. The molecule has 2 fully saturated rings. The lowest BCUT2D eigenvalue weighted by molar-refractivity contribution is -0.188. The molecule has 0 aromatic rings. The second-order valence-corrected chi connectivity index (χ2v) is 15.2. The Bertz CT molecular complexity index is 740. The molecule has 2 aliphatic rings. The Morgan fingerprint density at radius 3 is 1.31 bits per heavy atom. The van der Waals surface area contributed by atoms with Gasteiger partial charge in [0.1, 0.15) is 12.2 Å². The van der Waals surface area contributed by atoms with E-state index in [1.54, 1.807) is 0 Å². The van der Waals surface area contributed by atoms with Crippen molar-refractivity contribution in [3.05, 3.63) is 0 Å². The van der Waals surface area contributed by atoms with Crippen molar-refractivity contribution in [3.63, 3.8) is 0 Å². The van der Waals surface area contributed by atoms with Crippen molar-refractivity contribution in [3.8, 4) is 0 Å². The maximum Gasteiger partial charge on any atom is 0.323 e. The fourth-order valence-electron chi connectivity index (χ4n) is 7.21. The SMILES string of the molecule is CCCCCCCCC(CC)(C(=O)OC1CC(C)(C)N(C)C(C)(C)C1)C(=O)OC1CC(C)(C)N(C)C(C)(C)C1. The number of likely N-dealkylation sites (tertiary alicyclic amines) is 2. The van der Waals surface area contributed by atoms with E-state index in [0.717, 1.165) is 44.9 Å². The second-order valence-electron chi connectivity index (χ2n) is 15.2. The first kappa shape index (κ1) is 34.1. The first-order valence-corrected chi connectivity index (χ1v) is 15.7. The van der Waals surface area contributed by atoms with Crippen molar-refractivity contribution in [1.29, 1.82) is 0 Å². The van der Waals surface area contributed by atoms with Gasteiger partial charge in [-0.2, -0.15) is 0 Å². The zero-order valence-electron chi connectivity index (χ0n) is 27.7. The van der Waals surface area contributed by atoms with E-state index in [4.69, 9.17) is 9.47 Å². The number of rotatable bonds is 12. The summed E-state index contributed by atoms with van der Waals surface area (Å²) in [5, 5.41) is 0. The molecule has 0 amide bonds. The average Bonchev–Trinajstić information content (AvgIpc) is 2.79. The Hall–Kier alpha value is -1.14. The van der Waals surface area contributed by atoms with E-state index in [9.17, 15) is 9.59 Å². The molecule has 0 bridgehead atoms. The fraction of sp³-hybridized carbons (Fsp3) is 0.939. The molecule has 0 N–H and O–H groups in total. The summed E-state index contributed by atoms with van der Waals surface area (Å²) < 4.78 is 12.6. The van der Waals surface area contributed by atoms with E-state index in [-0.39, 0.29) is 46.3 Å². The smallest absolute Gasteiger partial charge is 0.323 e. The van der Waals surface area contributed by atoms with Crippen LogP contribution in [0.1, 0.15) is 146 Å². The molecule has 2 rings (SSSR count). The van der Waals surface area contributed by atoms with Gasteiger partial charge in [0.2, 0.25) is 0 Å². The molecule has 2 saturated heterocycles. The number of piperidine rings is 2. The Labute approximate surface area is 240 Å². The third-order valence-corrected chi connectivity index (χ3v) is 10.4. The minimum Gasteiger partial charge on any atom is -0.461 e. The topological polar surface area (TPSA) is 59.1 Å². The van der Waals surface area contributed by atoms with E-state index in [1.807, 2.05) is 6.92 Å². The number of hydrogen-bond donors (Lipinski definition) is 0. The van der Waals surface area contributed by atoms with Gasteiger partial charge in [0.05, 0.1) is 0 Å². The maximum atomic E-state index is 14.1. The van der Waals surface area contributed by atoms with Crippen LogP contribution in [0.2, 0.25) is 0 Å². The van der Waals surface area contributed by atoms with Crippen LogP contribution in [-0.4, -0.2) is 70.2 Å². The van der Waals surface area contributed by atoms with E-state index >= 15 is 0 Å². The number of esters is 2. The summed E-state index contributed by atoms with van der Waals surface area (Å²) in [5.74, 6) is -0.757. The van der Waals surface area contributed by atoms with Gasteiger partial charge in [-0.05, 0) is 82.3 Å². The molecular formula is C33H62N2O4. The lowest BCUT2D eigenvalue weighted by Gasteiger charge is -2.53. The van der Waals surface area contributed by atoms with Crippen molar-refractivity contribution >= 4 is 11.9 Å². The van der Waals surface area contributed by atoms with Crippen LogP contribution in [0.25, 0.3) is 0 Å². The zero-order valence-corrected chi connectivity index (χ0v) is 27.7. The summed E-state index contributed by atoms with van der Waals surface area (Å²) >= 11 is 0. The van der Waals surface area contributed by atoms with Gasteiger partial charge in [0, 0.05) is 47.8 Å². The molecule has 2 aliphatic heterocycles. The van der Waals surface area contributed by atoms with Crippen LogP contribution in [0.3, 0.4) is 0 Å². The maximum absolute atomic E-state index is 14.1. The number of carbonyl (C=O) groups excluding carboxylic acids is 2. The summed E-state index contributed by atoms with van der Waals surface area (Å²) in [5.41, 5.74) is -1.67. The van der Waals surface area contributed by atoms with E-state index in [0.29, 0.717) is 12.8 Å². The van der Waals surface area contributed by atoms with Gasteiger partial charge in [-0.15, -0.1) is 0 Å². The van der Waals surface area contributed by atoms with Crippen molar-refractivity contribution in [2.24, 2.45) is 5.41 Å². The van der Waals surface area contributed by atoms with E-state index < -0.39 is 5.41 Å². The van der Waals surface area contributed by atoms with Gasteiger partial charge in [-0.1, -0.05) is 52.4 Å². The zero-order chi connectivity index (χ0) is 29.9. The molecule has 6 heteroatoms. The van der Waals surface area contributed by atoms with Crippen molar-refractivity contribution < 1.29 is 19.1 Å². The third kappa shape index (κ3) is 7.99. The van der Waals surface area contributed by atoms with Crippen LogP contribution in [0.5, 0.6) is 0 Å². The summed E-state index contributed by atoms with van der Waals surface area (Å²) in [7, 11) is 4.30. The first-order valence-electron chi connectivity index (χ1n) is 15.7. The lowest BCUT2D eigenvalue weighted by atomic mass is 9.77. The van der Waals surface area contributed by atoms with Gasteiger partial charge < -0.3 is 9.47 Å². The molecule has 0 aromatic carbocycles. The minimum atomic E-state index is -1.25. The number of nitrogens with zero attached hydrogens (tertiary/aromatic N) is 2. The van der Waals surface area contributed by atoms with Crippen LogP contribution in [-0.2, 0) is 19.1 Å². The monoisotopic (exact) mass is 550 g/mol. The number of unbranched alkanes of at least 4 members (excludes halogenated alkanes) is 5. The van der Waals surface area contributed by atoms with Gasteiger partial charge in [-0.25, -0.2) is 0 Å². The molecule has 228 valence electrons. The first-order chi connectivity index (χ1) is 17.8. The normalized spacial score (nSPS) is 23.9. The lowest BCUT2D eigenvalue weighted by Crippen LogP contribution is -2.61. The summed E-state index contributed by atoms with van der Waals surface area (Å²) in [4.78, 5) is 32.9. The highest BCUT2D eigenvalue weighted by Gasteiger charge is 2.52. The second kappa shape index (κ2) is 12.8. The summed E-state index contributed by atoms with van der Waals surface area (Å²) in [6.45, 7) is 21.8. The van der Waals surface area contributed by atoms with Crippen LogP contribution in [0.15, 0.2) is 0 Å². The third-order valence-electron chi connectivity index (χ3n) is 10.4. The number of carbonyl (C=O) groups is 2. The average molecular weight is 551 g/mol. The molecular weight excluding hydrogens is 488 g/mol. The number of ether oxygens (including phenoxy) is 2. The van der Waals surface area contributed by atoms with Gasteiger partial charge in [0.15, 0.2) is 5.41 Å². The van der Waals surface area contributed by atoms with E-state index in [1.165, 1.54) is 19.3 Å². The fourth-order valence-corrected chi connectivity index (χ4v) is 7.21. The summed E-state index contributed by atoms with van der Waals surface area (Å²) in [6.07, 6.45) is 10.1. The predicted molar refractivity (Wildman–Crippen MR) is 161 cm³/mol. The van der Waals surface area contributed by atoms with Crippen molar-refractivity contribution in [2.75, 3.05) is 14.1 Å². The molecule has 0 spiro atoms. The van der Waals surface area contributed by atoms with Crippen molar-refractivity contribution in [1.82, 2.24) is 9.80 Å². The van der Waals surface area contributed by atoms with Crippen molar-refractivity contribution in [2.45, 2.75) is 181 Å². The highest BCUT2D eigenvalue weighted by Crippen LogP contribution is 2.42. The predicted octanol–water partition coefficient (Wildman–Crippen LogP) is 7.52. The minimum absolute atomic E-state index is 0.105. The molecule has 0 unspecified atom stereocenters. The molecule has 39 heavy (non-hydrogen) atoms. The quantitative estimate of drug-likeness (QED) is 0.142. The van der Waals surface area contributed by atoms with Crippen LogP contribution >= 0.6 is 0 Å². The summed E-state index contributed by atoms with van der Waals surface area (Å²) in [6, 6.07) is 0. The largest absolute Gasteiger partial charge is 0.461 e. The van der Waals surface area contributed by atoms with Gasteiger partial charge in [-0.3, -0.25) is 19.4 Å². The Morgan fingerprint density at radius 1 is 0.641 bits per heavy atom. The molecule has 0 radical (unpaired) electrons. The highest BCUT2D eigenvalue weighted by atomic mass is 16.6.